The van der Waals surface area contributed by atoms with Crippen molar-refractivity contribution in [3.8, 4) is 0 Å². The molecule has 1 saturated carbocycles. The van der Waals surface area contributed by atoms with Gasteiger partial charge in [-0.1, -0.05) is 6.07 Å². The molecule has 1 saturated heterocycles. The molecule has 0 atom stereocenters. The summed E-state index contributed by atoms with van der Waals surface area (Å²) in [7, 11) is -0.565. The first-order chi connectivity index (χ1) is 11.4. The lowest BCUT2D eigenvalue weighted by Crippen LogP contribution is -2.45. The van der Waals surface area contributed by atoms with Gasteiger partial charge in [0.2, 0.25) is 10.0 Å². The van der Waals surface area contributed by atoms with Gasteiger partial charge in [-0.2, -0.15) is 0 Å². The highest BCUT2D eigenvalue weighted by Crippen LogP contribution is 2.29. The topological polar surface area (TPSA) is 69.7 Å². The quantitative estimate of drug-likeness (QED) is 0.868. The first kappa shape index (κ1) is 17.4. The molecule has 1 aromatic rings. The Morgan fingerprint density at radius 2 is 1.83 bits per heavy atom. The van der Waals surface area contributed by atoms with Crippen LogP contribution in [0.1, 0.15) is 36.0 Å². The molecule has 1 aromatic carbocycles. The summed E-state index contributed by atoms with van der Waals surface area (Å²) < 4.78 is 25.5. The maximum Gasteiger partial charge on any atom is 0.251 e. The maximum absolute atomic E-state index is 12.5. The van der Waals surface area contributed by atoms with Crippen molar-refractivity contribution < 1.29 is 13.2 Å². The molecule has 1 heterocycles. The first-order valence-corrected chi connectivity index (χ1v) is 9.89. The number of amides is 1. The third-order valence-corrected chi connectivity index (χ3v) is 6.61. The molecule has 6 nitrogen and oxygen atoms in total. The molecule has 1 N–H and O–H groups in total. The van der Waals surface area contributed by atoms with Gasteiger partial charge in [-0.15, -0.1) is 0 Å². The Kier molecular flexibility index (Phi) is 4.94. The van der Waals surface area contributed by atoms with E-state index in [-0.39, 0.29) is 16.8 Å². The molecule has 0 aromatic heterocycles. The van der Waals surface area contributed by atoms with Crippen LogP contribution in [0.3, 0.4) is 0 Å². The second-order valence-corrected chi connectivity index (χ2v) is 8.98. The monoisotopic (exact) mass is 351 g/mol. The van der Waals surface area contributed by atoms with Gasteiger partial charge in [-0.25, -0.2) is 12.7 Å². The van der Waals surface area contributed by atoms with Crippen LogP contribution in [0.25, 0.3) is 0 Å². The van der Waals surface area contributed by atoms with E-state index in [0.717, 1.165) is 36.3 Å². The smallest absolute Gasteiger partial charge is 0.251 e. The predicted molar refractivity (Wildman–Crippen MR) is 92.4 cm³/mol. The SMILES string of the molecule is CN(C)S(=O)(=O)c1cccc(C(=O)NC2CCN(C3CC3)CC2)c1. The Balaban J connectivity index is 1.63. The summed E-state index contributed by atoms with van der Waals surface area (Å²) in [6.07, 6.45) is 4.53. The average Bonchev–Trinajstić information content (AvgIpc) is 3.40. The third-order valence-electron chi connectivity index (χ3n) is 4.80. The summed E-state index contributed by atoms with van der Waals surface area (Å²) in [5.74, 6) is -0.198. The van der Waals surface area contributed by atoms with Crippen LogP contribution in [-0.4, -0.2) is 62.8 Å². The number of sulfonamides is 1. The van der Waals surface area contributed by atoms with Gasteiger partial charge in [0.15, 0.2) is 0 Å². The van der Waals surface area contributed by atoms with Gasteiger partial charge in [0.1, 0.15) is 0 Å². The molecule has 0 spiro atoms. The molecule has 1 aliphatic heterocycles. The van der Waals surface area contributed by atoms with Gasteiger partial charge in [-0.3, -0.25) is 4.79 Å². The summed E-state index contributed by atoms with van der Waals surface area (Å²) >= 11 is 0. The molecule has 2 fully saturated rings. The van der Waals surface area contributed by atoms with E-state index < -0.39 is 10.0 Å². The molecule has 0 radical (unpaired) electrons. The van der Waals surface area contributed by atoms with E-state index in [1.165, 1.54) is 39.1 Å². The molecule has 132 valence electrons. The fraction of sp³-hybridized carbons (Fsp3) is 0.588. The summed E-state index contributed by atoms with van der Waals surface area (Å²) in [5.41, 5.74) is 0.391. The van der Waals surface area contributed by atoms with Crippen molar-refractivity contribution in [2.24, 2.45) is 0 Å². The van der Waals surface area contributed by atoms with Crippen LogP contribution in [0.2, 0.25) is 0 Å². The van der Waals surface area contributed by atoms with E-state index in [4.69, 9.17) is 0 Å². The number of rotatable bonds is 5. The number of hydrogen-bond acceptors (Lipinski definition) is 4. The normalized spacial score (nSPS) is 20.3. The Hall–Kier alpha value is -1.44. The number of likely N-dealkylation sites (tertiary alicyclic amines) is 1. The number of hydrogen-bond donors (Lipinski definition) is 1. The zero-order chi connectivity index (χ0) is 17.3. The minimum absolute atomic E-state index is 0.142. The highest BCUT2D eigenvalue weighted by atomic mass is 32.2. The highest BCUT2D eigenvalue weighted by Gasteiger charge is 2.32. The summed E-state index contributed by atoms with van der Waals surface area (Å²) in [6, 6.07) is 7.17. The number of benzene rings is 1. The van der Waals surface area contributed by atoms with E-state index in [2.05, 4.69) is 10.2 Å². The highest BCUT2D eigenvalue weighted by molar-refractivity contribution is 7.89. The Labute approximate surface area is 143 Å². The van der Waals surface area contributed by atoms with E-state index in [9.17, 15) is 13.2 Å². The number of piperidine rings is 1. The van der Waals surface area contributed by atoms with Crippen molar-refractivity contribution in [3.05, 3.63) is 29.8 Å². The van der Waals surface area contributed by atoms with Crippen LogP contribution in [0.5, 0.6) is 0 Å². The van der Waals surface area contributed by atoms with Crippen molar-refractivity contribution in [2.45, 2.75) is 42.7 Å². The van der Waals surface area contributed by atoms with E-state index >= 15 is 0 Å². The van der Waals surface area contributed by atoms with Gasteiger partial charge in [0.05, 0.1) is 4.90 Å². The molecule has 3 rings (SSSR count). The van der Waals surface area contributed by atoms with Crippen molar-refractivity contribution in [1.29, 1.82) is 0 Å². The lowest BCUT2D eigenvalue weighted by Gasteiger charge is -2.32. The molecule has 0 bridgehead atoms. The van der Waals surface area contributed by atoms with Crippen LogP contribution >= 0.6 is 0 Å². The van der Waals surface area contributed by atoms with Crippen molar-refractivity contribution >= 4 is 15.9 Å². The van der Waals surface area contributed by atoms with E-state index in [1.807, 2.05) is 0 Å². The molecule has 2 aliphatic rings. The molecule has 1 amide bonds. The minimum atomic E-state index is -3.53. The second kappa shape index (κ2) is 6.82. The number of nitrogens with zero attached hydrogens (tertiary/aromatic N) is 2. The predicted octanol–water partition coefficient (Wildman–Crippen LogP) is 1.29. The molecular weight excluding hydrogens is 326 g/mol. The number of carbonyl (C=O) groups is 1. The van der Waals surface area contributed by atoms with Gasteiger partial charge in [-0.05, 0) is 43.9 Å². The zero-order valence-corrected chi connectivity index (χ0v) is 15.1. The zero-order valence-electron chi connectivity index (χ0n) is 14.2. The maximum atomic E-state index is 12.5. The van der Waals surface area contributed by atoms with Crippen molar-refractivity contribution in [1.82, 2.24) is 14.5 Å². The Morgan fingerprint density at radius 3 is 2.42 bits per heavy atom. The van der Waals surface area contributed by atoms with E-state index in [0.29, 0.717) is 5.56 Å². The standard InChI is InChI=1S/C17H25N3O3S/c1-19(2)24(22,23)16-5-3-4-13(12-16)17(21)18-14-8-10-20(11-9-14)15-6-7-15/h3-5,12,14-15H,6-11H2,1-2H3,(H,18,21). The largest absolute Gasteiger partial charge is 0.349 e. The van der Waals surface area contributed by atoms with Gasteiger partial charge in [0, 0.05) is 44.8 Å². The minimum Gasteiger partial charge on any atom is -0.349 e. The van der Waals surface area contributed by atoms with Gasteiger partial charge < -0.3 is 10.2 Å². The average molecular weight is 351 g/mol. The Morgan fingerprint density at radius 1 is 1.17 bits per heavy atom. The summed E-state index contributed by atoms with van der Waals surface area (Å²) in [4.78, 5) is 15.1. The fourth-order valence-electron chi connectivity index (χ4n) is 3.13. The lowest BCUT2D eigenvalue weighted by atomic mass is 10.0. The lowest BCUT2D eigenvalue weighted by molar-refractivity contribution is 0.0909. The van der Waals surface area contributed by atoms with Crippen LogP contribution in [0, 0.1) is 0 Å². The summed E-state index contributed by atoms with van der Waals surface area (Å²) in [6.45, 7) is 2.06. The molecule has 1 aliphatic carbocycles. The fourth-order valence-corrected chi connectivity index (χ4v) is 4.07. The van der Waals surface area contributed by atoms with Crippen LogP contribution in [-0.2, 0) is 10.0 Å². The summed E-state index contributed by atoms with van der Waals surface area (Å²) in [5, 5.41) is 3.05. The van der Waals surface area contributed by atoms with Crippen LogP contribution < -0.4 is 5.32 Å². The van der Waals surface area contributed by atoms with Crippen LogP contribution in [0.15, 0.2) is 29.2 Å². The Bertz CT molecular complexity index is 706. The molecule has 24 heavy (non-hydrogen) atoms. The van der Waals surface area contributed by atoms with Crippen molar-refractivity contribution in [2.75, 3.05) is 27.2 Å². The van der Waals surface area contributed by atoms with Gasteiger partial charge in [0.25, 0.3) is 5.91 Å². The van der Waals surface area contributed by atoms with Gasteiger partial charge >= 0.3 is 0 Å². The van der Waals surface area contributed by atoms with Crippen LogP contribution in [0.4, 0.5) is 0 Å². The first-order valence-electron chi connectivity index (χ1n) is 8.45. The van der Waals surface area contributed by atoms with E-state index in [1.54, 1.807) is 12.1 Å². The third kappa shape index (κ3) is 3.79. The number of carbonyl (C=O) groups excluding carboxylic acids is 1. The molecule has 7 heteroatoms. The second-order valence-electron chi connectivity index (χ2n) is 6.83. The molecule has 0 unspecified atom stereocenters. The number of nitrogens with one attached hydrogen (secondary N) is 1. The van der Waals surface area contributed by atoms with Crippen molar-refractivity contribution in [3.63, 3.8) is 0 Å². The molecular formula is C17H25N3O3S.